The Hall–Kier alpha value is -1.58. The highest BCUT2D eigenvalue weighted by Gasteiger charge is 2.06. The highest BCUT2D eigenvalue weighted by atomic mass is 35.5. The first-order valence-corrected chi connectivity index (χ1v) is 6.69. The summed E-state index contributed by atoms with van der Waals surface area (Å²) < 4.78 is 5.70. The number of pyridine rings is 1. The molecule has 4 heteroatoms. The topological polar surface area (TPSA) is 34.2 Å². The average Bonchev–Trinajstić information content (AvgIpc) is 2.39. The SMILES string of the molecule is CCNC(C)c1ccnc(Oc2cccc(Cl)c2)c1. The van der Waals surface area contributed by atoms with E-state index in [0.717, 1.165) is 12.1 Å². The molecule has 1 aromatic heterocycles. The van der Waals surface area contributed by atoms with Crippen molar-refractivity contribution < 1.29 is 4.74 Å². The Morgan fingerprint density at radius 2 is 2.16 bits per heavy atom. The van der Waals surface area contributed by atoms with Gasteiger partial charge in [0.25, 0.3) is 0 Å². The highest BCUT2D eigenvalue weighted by Crippen LogP contribution is 2.24. The fourth-order valence-electron chi connectivity index (χ4n) is 1.83. The van der Waals surface area contributed by atoms with Gasteiger partial charge in [-0.15, -0.1) is 0 Å². The van der Waals surface area contributed by atoms with Crippen LogP contribution in [0.2, 0.25) is 5.02 Å². The fraction of sp³-hybridized carbons (Fsp3) is 0.267. The second kappa shape index (κ2) is 6.55. The molecule has 0 aliphatic rings. The standard InChI is InChI=1S/C15H17ClN2O/c1-3-17-11(2)12-7-8-18-15(9-12)19-14-6-4-5-13(16)10-14/h4-11,17H,3H2,1-2H3. The Bertz CT molecular complexity index is 545. The summed E-state index contributed by atoms with van der Waals surface area (Å²) >= 11 is 5.92. The largest absolute Gasteiger partial charge is 0.439 e. The molecule has 0 saturated heterocycles. The van der Waals surface area contributed by atoms with Crippen molar-refractivity contribution in [2.24, 2.45) is 0 Å². The summed E-state index contributed by atoms with van der Waals surface area (Å²) in [6.45, 7) is 5.12. The van der Waals surface area contributed by atoms with Crippen LogP contribution in [0.15, 0.2) is 42.6 Å². The van der Waals surface area contributed by atoms with Crippen molar-refractivity contribution in [2.75, 3.05) is 6.54 Å². The minimum atomic E-state index is 0.273. The molecule has 3 nitrogen and oxygen atoms in total. The molecule has 1 heterocycles. The van der Waals surface area contributed by atoms with Gasteiger partial charge in [0.05, 0.1) is 0 Å². The van der Waals surface area contributed by atoms with E-state index in [1.54, 1.807) is 12.3 Å². The monoisotopic (exact) mass is 276 g/mol. The highest BCUT2D eigenvalue weighted by molar-refractivity contribution is 6.30. The smallest absolute Gasteiger partial charge is 0.219 e. The molecule has 2 rings (SSSR count). The average molecular weight is 277 g/mol. The molecule has 0 amide bonds. The van der Waals surface area contributed by atoms with Crippen LogP contribution in [-0.2, 0) is 0 Å². The van der Waals surface area contributed by atoms with Crippen molar-refractivity contribution in [2.45, 2.75) is 19.9 Å². The lowest BCUT2D eigenvalue weighted by Crippen LogP contribution is -2.17. The molecular weight excluding hydrogens is 260 g/mol. The van der Waals surface area contributed by atoms with Gasteiger partial charge in [-0.25, -0.2) is 4.98 Å². The molecule has 1 atom stereocenters. The van der Waals surface area contributed by atoms with Crippen molar-refractivity contribution in [1.82, 2.24) is 10.3 Å². The lowest BCUT2D eigenvalue weighted by Gasteiger charge is -2.13. The second-order valence-electron chi connectivity index (χ2n) is 4.27. The second-order valence-corrected chi connectivity index (χ2v) is 4.70. The van der Waals surface area contributed by atoms with E-state index in [2.05, 4.69) is 24.1 Å². The molecule has 1 N–H and O–H groups in total. The third-order valence-corrected chi connectivity index (χ3v) is 3.02. The maximum absolute atomic E-state index is 5.92. The fourth-order valence-corrected chi connectivity index (χ4v) is 2.01. The van der Waals surface area contributed by atoms with Crippen molar-refractivity contribution in [3.63, 3.8) is 0 Å². The van der Waals surface area contributed by atoms with E-state index < -0.39 is 0 Å². The summed E-state index contributed by atoms with van der Waals surface area (Å²) in [4.78, 5) is 4.21. The van der Waals surface area contributed by atoms with Gasteiger partial charge in [0.1, 0.15) is 5.75 Å². The van der Waals surface area contributed by atoms with Crippen LogP contribution in [0.1, 0.15) is 25.5 Å². The van der Waals surface area contributed by atoms with E-state index in [-0.39, 0.29) is 6.04 Å². The number of hydrogen-bond donors (Lipinski definition) is 1. The molecule has 0 radical (unpaired) electrons. The zero-order valence-electron chi connectivity index (χ0n) is 11.1. The van der Waals surface area contributed by atoms with Gasteiger partial charge in [0, 0.05) is 23.3 Å². The van der Waals surface area contributed by atoms with Crippen LogP contribution in [-0.4, -0.2) is 11.5 Å². The van der Waals surface area contributed by atoms with E-state index in [4.69, 9.17) is 16.3 Å². The summed E-state index contributed by atoms with van der Waals surface area (Å²) in [6, 6.07) is 11.5. The van der Waals surface area contributed by atoms with Gasteiger partial charge in [-0.2, -0.15) is 0 Å². The lowest BCUT2D eigenvalue weighted by molar-refractivity contribution is 0.460. The molecule has 0 aliphatic carbocycles. The lowest BCUT2D eigenvalue weighted by atomic mass is 10.1. The third-order valence-electron chi connectivity index (χ3n) is 2.79. The number of nitrogens with one attached hydrogen (secondary N) is 1. The van der Waals surface area contributed by atoms with Crippen LogP contribution < -0.4 is 10.1 Å². The number of benzene rings is 1. The van der Waals surface area contributed by atoms with E-state index in [0.29, 0.717) is 16.7 Å². The summed E-state index contributed by atoms with van der Waals surface area (Å²) in [5, 5.41) is 4.01. The summed E-state index contributed by atoms with van der Waals surface area (Å²) in [6.07, 6.45) is 1.75. The molecule has 0 aliphatic heterocycles. The number of ether oxygens (including phenoxy) is 1. The summed E-state index contributed by atoms with van der Waals surface area (Å²) in [5.74, 6) is 1.26. The predicted molar refractivity (Wildman–Crippen MR) is 77.9 cm³/mol. The van der Waals surface area contributed by atoms with Gasteiger partial charge in [0.2, 0.25) is 5.88 Å². The van der Waals surface area contributed by atoms with Crippen LogP contribution in [0.4, 0.5) is 0 Å². The number of nitrogens with zero attached hydrogens (tertiary/aromatic N) is 1. The maximum atomic E-state index is 5.92. The van der Waals surface area contributed by atoms with E-state index in [1.165, 1.54) is 0 Å². The minimum absolute atomic E-state index is 0.273. The van der Waals surface area contributed by atoms with E-state index >= 15 is 0 Å². The molecule has 0 spiro atoms. The Kier molecular flexibility index (Phi) is 4.77. The van der Waals surface area contributed by atoms with Crippen LogP contribution in [0, 0.1) is 0 Å². The van der Waals surface area contributed by atoms with Gasteiger partial charge >= 0.3 is 0 Å². The minimum Gasteiger partial charge on any atom is -0.439 e. The normalized spacial score (nSPS) is 12.2. The van der Waals surface area contributed by atoms with Crippen molar-refractivity contribution in [3.05, 3.63) is 53.2 Å². The number of aromatic nitrogens is 1. The number of hydrogen-bond acceptors (Lipinski definition) is 3. The van der Waals surface area contributed by atoms with E-state index in [9.17, 15) is 0 Å². The van der Waals surface area contributed by atoms with Gasteiger partial charge < -0.3 is 10.1 Å². The first-order valence-electron chi connectivity index (χ1n) is 6.32. The summed E-state index contributed by atoms with van der Waals surface area (Å²) in [7, 11) is 0. The number of rotatable bonds is 5. The van der Waals surface area contributed by atoms with Gasteiger partial charge in [-0.1, -0.05) is 24.6 Å². The number of halogens is 1. The molecule has 0 bridgehead atoms. The Morgan fingerprint density at radius 1 is 1.32 bits per heavy atom. The zero-order chi connectivity index (χ0) is 13.7. The zero-order valence-corrected chi connectivity index (χ0v) is 11.8. The third kappa shape index (κ3) is 3.94. The molecule has 0 saturated carbocycles. The van der Waals surface area contributed by atoms with Crippen molar-refractivity contribution >= 4 is 11.6 Å². The van der Waals surface area contributed by atoms with E-state index in [1.807, 2.05) is 30.3 Å². The maximum Gasteiger partial charge on any atom is 0.219 e. The van der Waals surface area contributed by atoms with Crippen LogP contribution in [0.5, 0.6) is 11.6 Å². The molecule has 1 aromatic carbocycles. The first-order chi connectivity index (χ1) is 9.19. The van der Waals surface area contributed by atoms with Gasteiger partial charge in [-0.3, -0.25) is 0 Å². The molecule has 100 valence electrons. The van der Waals surface area contributed by atoms with Crippen LogP contribution in [0.3, 0.4) is 0 Å². The Morgan fingerprint density at radius 3 is 2.89 bits per heavy atom. The van der Waals surface area contributed by atoms with Crippen LogP contribution in [0.25, 0.3) is 0 Å². The predicted octanol–water partition coefficient (Wildman–Crippen LogP) is 4.20. The molecular formula is C15H17ClN2O. The molecule has 0 fully saturated rings. The summed E-state index contributed by atoms with van der Waals surface area (Å²) in [5.41, 5.74) is 1.15. The quantitative estimate of drug-likeness (QED) is 0.889. The first kappa shape index (κ1) is 13.8. The van der Waals surface area contributed by atoms with Crippen molar-refractivity contribution in [3.8, 4) is 11.6 Å². The van der Waals surface area contributed by atoms with Gasteiger partial charge in [-0.05, 0) is 43.3 Å². The molecule has 2 aromatic rings. The van der Waals surface area contributed by atoms with Crippen molar-refractivity contribution in [1.29, 1.82) is 0 Å². The Balaban J connectivity index is 2.15. The Labute approximate surface area is 118 Å². The van der Waals surface area contributed by atoms with Crippen LogP contribution >= 0.6 is 11.6 Å². The molecule has 19 heavy (non-hydrogen) atoms. The van der Waals surface area contributed by atoms with Gasteiger partial charge in [0.15, 0.2) is 0 Å². The molecule has 1 unspecified atom stereocenters.